The highest BCUT2D eigenvalue weighted by Gasteiger charge is 2.42. The van der Waals surface area contributed by atoms with Gasteiger partial charge in [0.15, 0.2) is 18.1 Å². The van der Waals surface area contributed by atoms with Gasteiger partial charge in [-0.15, -0.1) is 0 Å². The maximum Gasteiger partial charge on any atom is 0.341 e. The topological polar surface area (TPSA) is 65.0 Å². The van der Waals surface area contributed by atoms with Crippen molar-refractivity contribution in [2.24, 2.45) is 5.92 Å². The summed E-state index contributed by atoms with van der Waals surface area (Å²) in [6, 6.07) is 17.5. The lowest BCUT2D eigenvalue weighted by Crippen LogP contribution is -2.32. The molecule has 1 heterocycles. The van der Waals surface area contributed by atoms with Crippen LogP contribution < -0.4 is 9.47 Å². The average Bonchev–Trinajstić information content (AvgIpc) is 2.86. The molecule has 194 valence electrons. The Morgan fingerprint density at radius 1 is 1.16 bits per heavy atom. The van der Waals surface area contributed by atoms with Gasteiger partial charge in [0.1, 0.15) is 5.82 Å². The van der Waals surface area contributed by atoms with Gasteiger partial charge in [-0.25, -0.2) is 9.18 Å². The summed E-state index contributed by atoms with van der Waals surface area (Å²) in [6.45, 7) is 5.63. The van der Waals surface area contributed by atoms with E-state index in [1.54, 1.807) is 12.1 Å². The van der Waals surface area contributed by atoms with E-state index in [2.05, 4.69) is 22.5 Å². The van der Waals surface area contributed by atoms with Crippen LogP contribution in [-0.2, 0) is 9.53 Å². The number of carboxylic acid groups (broad SMARTS) is 1. The first-order chi connectivity index (χ1) is 17.7. The van der Waals surface area contributed by atoms with Gasteiger partial charge in [-0.1, -0.05) is 63.9 Å². The SMILES string of the molecule is C=C(C)[C@H]1C[C@H](c2cccc(Cl)c2)[C@H](c2cccc(F)c2)O[C@@H]1c1cc(Br)cc(OC)c1OCC(=O)O. The second-order valence-corrected chi connectivity index (χ2v) is 10.4. The molecule has 0 aliphatic carbocycles. The van der Waals surface area contributed by atoms with Crippen LogP contribution in [0.1, 0.15) is 48.2 Å². The second kappa shape index (κ2) is 11.7. The van der Waals surface area contributed by atoms with Crippen LogP contribution in [0.15, 0.2) is 77.3 Å². The number of methoxy groups -OCH3 is 1. The summed E-state index contributed by atoms with van der Waals surface area (Å²) in [5.74, 6) is -1.14. The fourth-order valence-corrected chi connectivity index (χ4v) is 5.55. The minimum atomic E-state index is -1.12. The van der Waals surface area contributed by atoms with Crippen molar-refractivity contribution in [3.05, 3.63) is 105 Å². The van der Waals surface area contributed by atoms with Gasteiger partial charge in [0.05, 0.1) is 19.3 Å². The molecule has 5 nitrogen and oxygen atoms in total. The lowest BCUT2D eigenvalue weighted by atomic mass is 9.74. The van der Waals surface area contributed by atoms with Crippen LogP contribution in [0.3, 0.4) is 0 Å². The Bertz CT molecular complexity index is 1310. The van der Waals surface area contributed by atoms with Gasteiger partial charge in [-0.2, -0.15) is 0 Å². The molecule has 0 saturated carbocycles. The van der Waals surface area contributed by atoms with Crippen molar-refractivity contribution >= 4 is 33.5 Å². The first-order valence-electron chi connectivity index (χ1n) is 11.7. The lowest BCUT2D eigenvalue weighted by molar-refractivity contribution is -0.139. The molecule has 0 radical (unpaired) electrons. The van der Waals surface area contributed by atoms with Gasteiger partial charge in [0, 0.05) is 26.9 Å². The van der Waals surface area contributed by atoms with Crippen LogP contribution in [0.25, 0.3) is 0 Å². The van der Waals surface area contributed by atoms with Crippen molar-refractivity contribution in [1.29, 1.82) is 0 Å². The van der Waals surface area contributed by atoms with E-state index in [1.807, 2.05) is 43.3 Å². The van der Waals surface area contributed by atoms with Crippen molar-refractivity contribution in [2.75, 3.05) is 13.7 Å². The predicted octanol–water partition coefficient (Wildman–Crippen LogP) is 7.89. The minimum absolute atomic E-state index is 0.143. The zero-order chi connectivity index (χ0) is 26.7. The monoisotopic (exact) mass is 588 g/mol. The summed E-state index contributed by atoms with van der Waals surface area (Å²) in [4.78, 5) is 11.3. The Morgan fingerprint density at radius 3 is 2.54 bits per heavy atom. The molecule has 37 heavy (non-hydrogen) atoms. The molecule has 0 amide bonds. The van der Waals surface area contributed by atoms with Gasteiger partial charge in [-0.05, 0) is 60.9 Å². The Morgan fingerprint density at radius 2 is 1.89 bits per heavy atom. The molecule has 3 aromatic carbocycles. The Hall–Kier alpha value is -2.87. The quantitative estimate of drug-likeness (QED) is 0.271. The number of carboxylic acids is 1. The fourth-order valence-electron chi connectivity index (χ4n) is 4.90. The highest BCUT2D eigenvalue weighted by Crippen LogP contribution is 2.54. The van der Waals surface area contributed by atoms with Gasteiger partial charge in [-0.3, -0.25) is 0 Å². The van der Waals surface area contributed by atoms with Gasteiger partial charge < -0.3 is 19.3 Å². The fraction of sp³-hybridized carbons (Fsp3) is 0.276. The predicted molar refractivity (Wildman–Crippen MR) is 144 cm³/mol. The molecular formula is C29H27BrClFO5. The van der Waals surface area contributed by atoms with E-state index >= 15 is 0 Å². The highest BCUT2D eigenvalue weighted by molar-refractivity contribution is 9.10. The lowest BCUT2D eigenvalue weighted by Gasteiger charge is -2.43. The third kappa shape index (κ3) is 6.17. The van der Waals surface area contributed by atoms with E-state index in [4.69, 9.17) is 25.8 Å². The summed E-state index contributed by atoms with van der Waals surface area (Å²) < 4.78 is 33.1. The molecule has 1 N–H and O–H groups in total. The number of halogens is 3. The van der Waals surface area contributed by atoms with E-state index < -0.39 is 24.8 Å². The smallest absolute Gasteiger partial charge is 0.341 e. The molecule has 0 unspecified atom stereocenters. The molecule has 0 spiro atoms. The molecular weight excluding hydrogens is 563 g/mol. The van der Waals surface area contributed by atoms with E-state index in [-0.39, 0.29) is 23.4 Å². The van der Waals surface area contributed by atoms with Crippen molar-refractivity contribution in [3.63, 3.8) is 0 Å². The van der Waals surface area contributed by atoms with Crippen molar-refractivity contribution in [1.82, 2.24) is 0 Å². The van der Waals surface area contributed by atoms with E-state index in [1.165, 1.54) is 19.2 Å². The largest absolute Gasteiger partial charge is 0.493 e. The van der Waals surface area contributed by atoms with Crippen LogP contribution in [0.5, 0.6) is 11.5 Å². The number of benzene rings is 3. The van der Waals surface area contributed by atoms with E-state index in [0.29, 0.717) is 32.8 Å². The molecule has 3 aromatic rings. The number of ether oxygens (including phenoxy) is 3. The summed E-state index contributed by atoms with van der Waals surface area (Å²) in [7, 11) is 1.49. The standard InChI is InChI=1S/C29H27BrClFO5/c1-16(2)22-14-23(17-6-4-8-20(31)10-17)27(18-7-5-9-21(32)11-18)37-28(22)24-12-19(30)13-25(35-3)29(24)36-15-26(33)34/h4-13,22-23,27-28H,1,14-15H2,2-3H3,(H,33,34)/t22-,23-,27+,28+/m1/s1. The van der Waals surface area contributed by atoms with Gasteiger partial charge >= 0.3 is 5.97 Å². The van der Waals surface area contributed by atoms with Crippen LogP contribution >= 0.6 is 27.5 Å². The first kappa shape index (κ1) is 27.2. The Balaban J connectivity index is 1.87. The Labute approximate surface area is 228 Å². The molecule has 0 aromatic heterocycles. The average molecular weight is 590 g/mol. The number of aliphatic carboxylic acids is 1. The van der Waals surface area contributed by atoms with E-state index in [0.717, 1.165) is 11.1 Å². The molecule has 1 aliphatic rings. The zero-order valence-electron chi connectivity index (χ0n) is 20.4. The maximum absolute atomic E-state index is 14.3. The number of rotatable bonds is 8. The summed E-state index contributed by atoms with van der Waals surface area (Å²) >= 11 is 9.86. The number of carbonyl (C=O) groups is 1. The molecule has 1 aliphatic heterocycles. The molecule has 1 fully saturated rings. The Kier molecular flexibility index (Phi) is 8.57. The van der Waals surface area contributed by atoms with Crippen molar-refractivity contribution in [2.45, 2.75) is 31.5 Å². The maximum atomic E-state index is 14.3. The van der Waals surface area contributed by atoms with Crippen LogP contribution in [-0.4, -0.2) is 24.8 Å². The second-order valence-electron chi connectivity index (χ2n) is 9.09. The molecule has 4 rings (SSSR count). The molecule has 4 atom stereocenters. The third-order valence-corrected chi connectivity index (χ3v) is 7.23. The van der Waals surface area contributed by atoms with E-state index in [9.17, 15) is 14.3 Å². The van der Waals surface area contributed by atoms with Crippen LogP contribution in [0.2, 0.25) is 5.02 Å². The number of hydrogen-bond donors (Lipinski definition) is 1. The van der Waals surface area contributed by atoms with Gasteiger partial charge in [0.25, 0.3) is 0 Å². The van der Waals surface area contributed by atoms with Crippen molar-refractivity contribution < 1.29 is 28.5 Å². The summed E-state index contributed by atoms with van der Waals surface area (Å²) in [5.41, 5.74) is 3.16. The molecule has 8 heteroatoms. The highest BCUT2D eigenvalue weighted by atomic mass is 79.9. The normalized spacial score (nSPS) is 21.3. The summed E-state index contributed by atoms with van der Waals surface area (Å²) in [5, 5.41) is 9.87. The van der Waals surface area contributed by atoms with Gasteiger partial charge in [0.2, 0.25) is 0 Å². The van der Waals surface area contributed by atoms with Crippen LogP contribution in [0.4, 0.5) is 4.39 Å². The van der Waals surface area contributed by atoms with Crippen LogP contribution in [0, 0.1) is 11.7 Å². The summed E-state index contributed by atoms with van der Waals surface area (Å²) in [6.07, 6.45) is -0.460. The third-order valence-electron chi connectivity index (χ3n) is 6.53. The zero-order valence-corrected chi connectivity index (χ0v) is 22.8. The molecule has 1 saturated heterocycles. The van der Waals surface area contributed by atoms with Crippen molar-refractivity contribution in [3.8, 4) is 11.5 Å². The number of hydrogen-bond acceptors (Lipinski definition) is 4. The molecule has 0 bridgehead atoms. The minimum Gasteiger partial charge on any atom is -0.493 e. The first-order valence-corrected chi connectivity index (χ1v) is 12.9.